The van der Waals surface area contributed by atoms with E-state index < -0.39 is 12.2 Å². The van der Waals surface area contributed by atoms with Gasteiger partial charge in [-0.25, -0.2) is 8.78 Å². The van der Waals surface area contributed by atoms with Gasteiger partial charge in [-0.15, -0.1) is 0 Å². The summed E-state index contributed by atoms with van der Waals surface area (Å²) in [6, 6.07) is 2.93. The molecule has 0 aliphatic carbocycles. The van der Waals surface area contributed by atoms with Gasteiger partial charge in [-0.1, -0.05) is 0 Å². The van der Waals surface area contributed by atoms with Crippen LogP contribution in [-0.4, -0.2) is 17.2 Å². The summed E-state index contributed by atoms with van der Waals surface area (Å²) in [5, 5.41) is 0. The summed E-state index contributed by atoms with van der Waals surface area (Å²) in [6.45, 7) is 3.28. The van der Waals surface area contributed by atoms with Crippen molar-refractivity contribution in [2.24, 2.45) is 0 Å². The van der Waals surface area contributed by atoms with Gasteiger partial charge in [0, 0.05) is 17.0 Å². The molecule has 4 heteroatoms. The first kappa shape index (κ1) is 9.77. The minimum Gasteiger partial charge on any atom is -0.288 e. The predicted molar refractivity (Wildman–Crippen MR) is 44.0 cm³/mol. The van der Waals surface area contributed by atoms with Gasteiger partial charge in [0.1, 0.15) is 0 Å². The lowest BCUT2D eigenvalue weighted by molar-refractivity contribution is 0.0677. The van der Waals surface area contributed by atoms with Gasteiger partial charge in [0.2, 0.25) is 5.78 Å². The highest BCUT2D eigenvalue weighted by Gasteiger charge is 2.19. The maximum absolute atomic E-state index is 12.0. The van der Waals surface area contributed by atoms with Crippen LogP contribution in [0.5, 0.6) is 0 Å². The number of carbonyl (C=O) groups excluding carboxylic acids is 1. The second-order valence-corrected chi connectivity index (χ2v) is 2.75. The topological polar surface area (TPSA) is 30.0 Å². The number of nitrogens with zero attached hydrogens (tertiary/aromatic N) is 1. The van der Waals surface area contributed by atoms with E-state index in [2.05, 4.69) is 4.98 Å². The fraction of sp³-hybridized carbons (Fsp3) is 0.333. The number of rotatable bonds is 2. The van der Waals surface area contributed by atoms with Crippen molar-refractivity contribution in [2.45, 2.75) is 20.3 Å². The van der Waals surface area contributed by atoms with Crippen LogP contribution in [0.2, 0.25) is 0 Å². The van der Waals surface area contributed by atoms with E-state index in [4.69, 9.17) is 0 Å². The van der Waals surface area contributed by atoms with E-state index in [0.29, 0.717) is 11.4 Å². The van der Waals surface area contributed by atoms with E-state index in [0.717, 1.165) is 0 Å². The second kappa shape index (κ2) is 3.60. The highest BCUT2D eigenvalue weighted by atomic mass is 19.3. The quantitative estimate of drug-likeness (QED) is 0.661. The molecule has 1 heterocycles. The van der Waals surface area contributed by atoms with Crippen molar-refractivity contribution in [3.05, 3.63) is 29.1 Å². The smallest absolute Gasteiger partial charge is 0.288 e. The van der Waals surface area contributed by atoms with E-state index in [1.165, 1.54) is 6.07 Å². The maximum atomic E-state index is 12.0. The summed E-state index contributed by atoms with van der Waals surface area (Å²) in [5.74, 6) is -1.16. The number of Topliss-reactive ketones (excluding diaryl/α,β-unsaturated/α-hetero) is 1. The number of hydrogen-bond acceptors (Lipinski definition) is 2. The van der Waals surface area contributed by atoms with Gasteiger partial charge in [0.25, 0.3) is 0 Å². The zero-order chi connectivity index (χ0) is 10.0. The lowest BCUT2D eigenvalue weighted by atomic mass is 10.1. The van der Waals surface area contributed by atoms with Gasteiger partial charge < -0.3 is 0 Å². The Kier molecular flexibility index (Phi) is 2.70. The normalized spacial score (nSPS) is 10.5. The molecule has 0 saturated carbocycles. The molecular weight excluding hydrogens is 176 g/mol. The molecule has 0 amide bonds. The van der Waals surface area contributed by atoms with Crippen molar-refractivity contribution in [1.82, 2.24) is 4.98 Å². The summed E-state index contributed by atoms with van der Waals surface area (Å²) < 4.78 is 24.0. The highest BCUT2D eigenvalue weighted by molar-refractivity contribution is 5.99. The Labute approximate surface area is 74.6 Å². The molecule has 0 spiro atoms. The zero-order valence-electron chi connectivity index (χ0n) is 7.34. The van der Waals surface area contributed by atoms with Crippen LogP contribution in [0.15, 0.2) is 12.1 Å². The molecule has 0 saturated heterocycles. The van der Waals surface area contributed by atoms with Crippen LogP contribution >= 0.6 is 0 Å². The van der Waals surface area contributed by atoms with Gasteiger partial charge in [0.05, 0.1) is 0 Å². The number of pyridine rings is 1. The molecule has 0 N–H and O–H groups in total. The number of halogens is 2. The molecule has 0 atom stereocenters. The van der Waals surface area contributed by atoms with Gasteiger partial charge in [0.15, 0.2) is 0 Å². The summed E-state index contributed by atoms with van der Waals surface area (Å²) in [7, 11) is 0. The lowest BCUT2D eigenvalue weighted by Gasteiger charge is -2.03. The maximum Gasteiger partial charge on any atom is 0.300 e. The molecule has 0 aliphatic rings. The predicted octanol–water partition coefficient (Wildman–Crippen LogP) is 2.15. The Bertz CT molecular complexity index is 336. The minimum atomic E-state index is -2.96. The van der Waals surface area contributed by atoms with Crippen LogP contribution in [0, 0.1) is 13.8 Å². The molecule has 0 aliphatic heterocycles. The number of alkyl halides is 2. The first-order valence-electron chi connectivity index (χ1n) is 3.79. The molecule has 0 bridgehead atoms. The first-order chi connectivity index (χ1) is 6.02. The molecule has 0 radical (unpaired) electrons. The molecule has 0 aromatic carbocycles. The van der Waals surface area contributed by atoms with Crippen LogP contribution < -0.4 is 0 Å². The number of aryl methyl sites for hydroxylation is 2. The molecule has 70 valence electrons. The molecule has 0 unspecified atom stereocenters. The molecule has 1 aromatic rings. The average Bonchev–Trinajstić information content (AvgIpc) is 2.03. The molecule has 1 aromatic heterocycles. The third kappa shape index (κ3) is 2.08. The Balaban J connectivity index is 3.09. The Morgan fingerprint density at radius 1 is 1.38 bits per heavy atom. The van der Waals surface area contributed by atoms with E-state index >= 15 is 0 Å². The highest BCUT2D eigenvalue weighted by Crippen LogP contribution is 2.11. The summed E-state index contributed by atoms with van der Waals surface area (Å²) in [5.41, 5.74) is 1.06. The standard InChI is InChI=1S/C9H9F2NO/c1-5-3-4-7(6(2)12-5)8(13)9(10)11/h3-4,9H,1-2H3. The lowest BCUT2D eigenvalue weighted by Crippen LogP contribution is -2.12. The zero-order valence-corrected chi connectivity index (χ0v) is 7.34. The average molecular weight is 185 g/mol. The molecule has 13 heavy (non-hydrogen) atoms. The second-order valence-electron chi connectivity index (χ2n) is 2.75. The Morgan fingerprint density at radius 2 is 2.00 bits per heavy atom. The fourth-order valence-corrected chi connectivity index (χ4v) is 1.06. The van der Waals surface area contributed by atoms with Crippen LogP contribution in [0.4, 0.5) is 8.78 Å². The summed E-state index contributed by atoms with van der Waals surface area (Å²) in [6.07, 6.45) is -2.96. The molecule has 2 nitrogen and oxygen atoms in total. The molecule has 0 fully saturated rings. The monoisotopic (exact) mass is 185 g/mol. The van der Waals surface area contributed by atoms with E-state index in [1.807, 2.05) is 0 Å². The number of carbonyl (C=O) groups is 1. The third-order valence-electron chi connectivity index (χ3n) is 1.69. The van der Waals surface area contributed by atoms with E-state index in [-0.39, 0.29) is 5.56 Å². The number of ketones is 1. The molecular formula is C9H9F2NO. The van der Waals surface area contributed by atoms with Gasteiger partial charge in [-0.3, -0.25) is 9.78 Å². The van der Waals surface area contributed by atoms with E-state index in [9.17, 15) is 13.6 Å². The van der Waals surface area contributed by atoms with E-state index in [1.54, 1.807) is 19.9 Å². The number of hydrogen-bond donors (Lipinski definition) is 0. The Morgan fingerprint density at radius 3 is 2.46 bits per heavy atom. The molecule has 1 rings (SSSR count). The largest absolute Gasteiger partial charge is 0.300 e. The van der Waals surface area contributed by atoms with Crippen molar-refractivity contribution in [2.75, 3.05) is 0 Å². The van der Waals surface area contributed by atoms with Crippen molar-refractivity contribution in [3.8, 4) is 0 Å². The van der Waals surface area contributed by atoms with Crippen molar-refractivity contribution < 1.29 is 13.6 Å². The van der Waals surface area contributed by atoms with Crippen LogP contribution in [0.25, 0.3) is 0 Å². The summed E-state index contributed by atoms with van der Waals surface area (Å²) in [4.78, 5) is 14.8. The number of aromatic nitrogens is 1. The van der Waals surface area contributed by atoms with Gasteiger partial charge in [-0.05, 0) is 26.0 Å². The summed E-state index contributed by atoms with van der Waals surface area (Å²) >= 11 is 0. The van der Waals surface area contributed by atoms with Crippen LogP contribution in [0.1, 0.15) is 21.7 Å². The third-order valence-corrected chi connectivity index (χ3v) is 1.69. The van der Waals surface area contributed by atoms with Crippen molar-refractivity contribution >= 4 is 5.78 Å². The van der Waals surface area contributed by atoms with Crippen LogP contribution in [0.3, 0.4) is 0 Å². The first-order valence-corrected chi connectivity index (χ1v) is 3.79. The SMILES string of the molecule is Cc1ccc(C(=O)C(F)F)c(C)n1. The van der Waals surface area contributed by atoms with Crippen molar-refractivity contribution in [1.29, 1.82) is 0 Å². The fourth-order valence-electron chi connectivity index (χ4n) is 1.06. The minimum absolute atomic E-state index is 0.000556. The van der Waals surface area contributed by atoms with Gasteiger partial charge >= 0.3 is 6.43 Å². The van der Waals surface area contributed by atoms with Crippen molar-refractivity contribution in [3.63, 3.8) is 0 Å². The van der Waals surface area contributed by atoms with Gasteiger partial charge in [-0.2, -0.15) is 0 Å². The van der Waals surface area contributed by atoms with Crippen LogP contribution in [-0.2, 0) is 0 Å². The Hall–Kier alpha value is -1.32.